The Hall–Kier alpha value is -2.63. The van der Waals surface area contributed by atoms with Gasteiger partial charge in [0.2, 0.25) is 0 Å². The van der Waals surface area contributed by atoms with Gasteiger partial charge in [-0.25, -0.2) is 4.79 Å². The number of benzene rings is 1. The van der Waals surface area contributed by atoms with Crippen molar-refractivity contribution < 1.29 is 14.3 Å². The van der Waals surface area contributed by atoms with Crippen molar-refractivity contribution in [1.29, 1.82) is 0 Å². The number of carbonyl (C=O) groups is 2. The third-order valence-corrected chi connectivity index (χ3v) is 4.34. The molecule has 0 N–H and O–H groups in total. The average molecular weight is 327 g/mol. The highest BCUT2D eigenvalue weighted by Gasteiger charge is 2.33. The van der Waals surface area contributed by atoms with Crippen molar-refractivity contribution in [3.8, 4) is 0 Å². The zero-order chi connectivity index (χ0) is 16.9. The van der Waals surface area contributed by atoms with Crippen molar-refractivity contribution in [2.24, 2.45) is 0 Å². The fourth-order valence-corrected chi connectivity index (χ4v) is 3.06. The van der Waals surface area contributed by atoms with Crippen LogP contribution in [0.15, 0.2) is 42.7 Å². The fourth-order valence-electron chi connectivity index (χ4n) is 3.06. The lowest BCUT2D eigenvalue weighted by Crippen LogP contribution is -2.48. The van der Waals surface area contributed by atoms with Gasteiger partial charge in [-0.3, -0.25) is 9.48 Å². The van der Waals surface area contributed by atoms with E-state index in [1.165, 1.54) is 7.11 Å². The van der Waals surface area contributed by atoms with E-state index in [0.717, 1.165) is 18.4 Å². The molecule has 1 aromatic heterocycles. The molecular weight excluding hydrogens is 306 g/mol. The molecule has 1 unspecified atom stereocenters. The number of methoxy groups -OCH3 is 1. The molecule has 0 aliphatic carbocycles. The number of nitrogens with zero attached hydrogens (tertiary/aromatic N) is 3. The van der Waals surface area contributed by atoms with Crippen molar-refractivity contribution in [3.05, 3.63) is 53.9 Å². The molecule has 0 radical (unpaired) electrons. The summed E-state index contributed by atoms with van der Waals surface area (Å²) in [6.45, 7) is 1.25. The van der Waals surface area contributed by atoms with E-state index < -0.39 is 6.04 Å². The van der Waals surface area contributed by atoms with Crippen molar-refractivity contribution in [2.45, 2.75) is 31.8 Å². The van der Waals surface area contributed by atoms with Crippen LogP contribution in [0.3, 0.4) is 0 Å². The number of esters is 1. The Labute approximate surface area is 141 Å². The zero-order valence-electron chi connectivity index (χ0n) is 13.7. The van der Waals surface area contributed by atoms with Gasteiger partial charge in [-0.05, 0) is 43.0 Å². The van der Waals surface area contributed by atoms with Crippen LogP contribution in [0.4, 0.5) is 0 Å². The normalized spacial score (nSPS) is 17.5. The minimum absolute atomic E-state index is 0.115. The average Bonchev–Trinajstić information content (AvgIpc) is 3.14. The molecule has 0 bridgehead atoms. The summed E-state index contributed by atoms with van der Waals surface area (Å²) in [4.78, 5) is 26.3. The second kappa shape index (κ2) is 7.29. The predicted octanol–water partition coefficient (Wildman–Crippen LogP) is 2.10. The first-order valence-electron chi connectivity index (χ1n) is 8.14. The maximum atomic E-state index is 12.8. The van der Waals surface area contributed by atoms with Crippen LogP contribution in [0.25, 0.3) is 0 Å². The van der Waals surface area contributed by atoms with Crippen LogP contribution in [-0.4, -0.2) is 46.3 Å². The lowest BCUT2D eigenvalue weighted by Gasteiger charge is -2.33. The van der Waals surface area contributed by atoms with E-state index in [2.05, 4.69) is 5.10 Å². The van der Waals surface area contributed by atoms with Gasteiger partial charge in [0.25, 0.3) is 5.91 Å². The summed E-state index contributed by atoms with van der Waals surface area (Å²) < 4.78 is 6.67. The zero-order valence-corrected chi connectivity index (χ0v) is 13.7. The standard InChI is InChI=1S/C18H21N3O3/c1-24-18(23)16-5-2-3-12-21(16)17(22)15-8-6-14(7-9-15)13-20-11-4-10-19-20/h4,6-11,16H,2-3,5,12-13H2,1H3. The van der Waals surface area contributed by atoms with Gasteiger partial charge in [-0.15, -0.1) is 0 Å². The van der Waals surface area contributed by atoms with E-state index in [4.69, 9.17) is 4.74 Å². The number of carbonyl (C=O) groups excluding carboxylic acids is 2. The third kappa shape index (κ3) is 3.48. The number of aromatic nitrogens is 2. The molecule has 1 fully saturated rings. The molecule has 0 spiro atoms. The Morgan fingerprint density at radius 1 is 1.25 bits per heavy atom. The maximum Gasteiger partial charge on any atom is 0.328 e. The molecule has 1 aliphatic heterocycles. The third-order valence-electron chi connectivity index (χ3n) is 4.34. The molecule has 0 saturated carbocycles. The second-order valence-electron chi connectivity index (χ2n) is 5.93. The molecule has 1 atom stereocenters. The highest BCUT2D eigenvalue weighted by atomic mass is 16.5. The first kappa shape index (κ1) is 16.2. The number of hydrogen-bond donors (Lipinski definition) is 0. The number of rotatable bonds is 4. The first-order chi connectivity index (χ1) is 11.7. The molecule has 6 nitrogen and oxygen atoms in total. The van der Waals surface area contributed by atoms with Gasteiger partial charge >= 0.3 is 5.97 Å². The second-order valence-corrected chi connectivity index (χ2v) is 5.93. The number of piperidine rings is 1. The molecule has 2 aromatic rings. The summed E-state index contributed by atoms with van der Waals surface area (Å²) in [7, 11) is 1.36. The Bertz CT molecular complexity index is 695. The van der Waals surface area contributed by atoms with Crippen molar-refractivity contribution in [1.82, 2.24) is 14.7 Å². The highest BCUT2D eigenvalue weighted by Crippen LogP contribution is 2.21. The van der Waals surface area contributed by atoms with E-state index >= 15 is 0 Å². The molecule has 1 aromatic carbocycles. The molecule has 3 rings (SSSR count). The number of hydrogen-bond acceptors (Lipinski definition) is 4. The highest BCUT2D eigenvalue weighted by molar-refractivity contribution is 5.97. The molecular formula is C18H21N3O3. The van der Waals surface area contributed by atoms with Gasteiger partial charge in [-0.2, -0.15) is 5.10 Å². The van der Waals surface area contributed by atoms with Crippen molar-refractivity contribution >= 4 is 11.9 Å². The van der Waals surface area contributed by atoms with Crippen molar-refractivity contribution in [2.75, 3.05) is 13.7 Å². The van der Waals surface area contributed by atoms with Crippen LogP contribution in [0, 0.1) is 0 Å². The number of amides is 1. The van der Waals surface area contributed by atoms with Crippen LogP contribution in [0.2, 0.25) is 0 Å². The molecule has 1 amide bonds. The van der Waals surface area contributed by atoms with E-state index in [-0.39, 0.29) is 11.9 Å². The quantitative estimate of drug-likeness (QED) is 0.807. The van der Waals surface area contributed by atoms with Crippen LogP contribution >= 0.6 is 0 Å². The number of ether oxygens (including phenoxy) is 1. The molecule has 2 heterocycles. The van der Waals surface area contributed by atoms with Gasteiger partial charge in [0.15, 0.2) is 0 Å². The van der Waals surface area contributed by atoms with Crippen LogP contribution in [0.1, 0.15) is 35.2 Å². The number of likely N-dealkylation sites (tertiary alicyclic amines) is 1. The Balaban J connectivity index is 1.72. The molecule has 126 valence electrons. The SMILES string of the molecule is COC(=O)C1CCCCN1C(=O)c1ccc(Cn2cccn2)cc1. The molecule has 6 heteroatoms. The van der Waals surface area contributed by atoms with Gasteiger partial charge in [0.1, 0.15) is 6.04 Å². The smallest absolute Gasteiger partial charge is 0.328 e. The summed E-state index contributed by atoms with van der Waals surface area (Å²) in [5.41, 5.74) is 1.66. The van der Waals surface area contributed by atoms with E-state index in [1.807, 2.05) is 41.2 Å². The van der Waals surface area contributed by atoms with Crippen LogP contribution in [0.5, 0.6) is 0 Å². The lowest BCUT2D eigenvalue weighted by molar-refractivity contribution is -0.147. The van der Waals surface area contributed by atoms with E-state index in [0.29, 0.717) is 25.1 Å². The van der Waals surface area contributed by atoms with Crippen LogP contribution < -0.4 is 0 Å². The van der Waals surface area contributed by atoms with E-state index in [9.17, 15) is 9.59 Å². The summed E-state index contributed by atoms with van der Waals surface area (Å²) >= 11 is 0. The Morgan fingerprint density at radius 2 is 2.04 bits per heavy atom. The van der Waals surface area contributed by atoms with Gasteiger partial charge in [0, 0.05) is 24.5 Å². The summed E-state index contributed by atoms with van der Waals surface area (Å²) in [5.74, 6) is -0.450. The van der Waals surface area contributed by atoms with Gasteiger partial charge < -0.3 is 9.64 Å². The van der Waals surface area contributed by atoms with Crippen molar-refractivity contribution in [3.63, 3.8) is 0 Å². The van der Waals surface area contributed by atoms with E-state index in [1.54, 1.807) is 11.1 Å². The predicted molar refractivity (Wildman–Crippen MR) is 88.5 cm³/mol. The monoisotopic (exact) mass is 327 g/mol. The topological polar surface area (TPSA) is 64.4 Å². The fraction of sp³-hybridized carbons (Fsp3) is 0.389. The summed E-state index contributed by atoms with van der Waals surface area (Å²) in [6.07, 6.45) is 6.15. The summed E-state index contributed by atoms with van der Waals surface area (Å²) in [5, 5.41) is 4.17. The molecule has 1 saturated heterocycles. The maximum absolute atomic E-state index is 12.8. The minimum Gasteiger partial charge on any atom is -0.467 e. The Morgan fingerprint density at radius 3 is 2.71 bits per heavy atom. The minimum atomic E-state index is -0.472. The Kier molecular flexibility index (Phi) is 4.93. The lowest BCUT2D eigenvalue weighted by atomic mass is 10.0. The first-order valence-corrected chi connectivity index (χ1v) is 8.14. The largest absolute Gasteiger partial charge is 0.467 e. The summed E-state index contributed by atoms with van der Waals surface area (Å²) in [6, 6.07) is 8.87. The van der Waals surface area contributed by atoms with Gasteiger partial charge in [0.05, 0.1) is 13.7 Å². The molecule has 24 heavy (non-hydrogen) atoms. The van der Waals surface area contributed by atoms with Crippen LogP contribution in [-0.2, 0) is 16.1 Å². The molecule has 1 aliphatic rings. The van der Waals surface area contributed by atoms with Gasteiger partial charge in [-0.1, -0.05) is 12.1 Å².